The number of hydrogen-bond donors (Lipinski definition) is 1. The van der Waals surface area contributed by atoms with Crippen molar-refractivity contribution in [2.24, 2.45) is 0 Å². The third-order valence-electron chi connectivity index (χ3n) is 4.24. The maximum Gasteiger partial charge on any atom is 0.294 e. The van der Waals surface area contributed by atoms with E-state index in [0.717, 1.165) is 32.7 Å². The fourth-order valence-electron chi connectivity index (χ4n) is 3.04. The number of nitrogens with one attached hydrogen (secondary N) is 1. The summed E-state index contributed by atoms with van der Waals surface area (Å²) in [7, 11) is 0. The highest BCUT2D eigenvalue weighted by atomic mass is 35.5. The lowest BCUT2D eigenvalue weighted by Crippen LogP contribution is -3.13. The molecular formula is C17H19ClN3O2+. The Bertz CT molecular complexity index is 685. The molecule has 2 aromatic carbocycles. The third-order valence-corrected chi connectivity index (χ3v) is 4.48. The average molecular weight is 333 g/mol. The van der Waals surface area contributed by atoms with Crippen LogP contribution in [-0.4, -0.2) is 31.1 Å². The molecule has 1 heterocycles. The average Bonchev–Trinajstić information content (AvgIpc) is 2.56. The Balaban J connectivity index is 1.66. The lowest BCUT2D eigenvalue weighted by atomic mass is 10.2. The molecule has 5 nitrogen and oxygen atoms in total. The minimum absolute atomic E-state index is 0.0870. The summed E-state index contributed by atoms with van der Waals surface area (Å²) in [6.07, 6.45) is 0. The number of halogens is 1. The summed E-state index contributed by atoms with van der Waals surface area (Å²) in [4.78, 5) is 14.5. The normalized spacial score (nSPS) is 15.6. The smallest absolute Gasteiger partial charge is 0.294 e. The van der Waals surface area contributed by atoms with E-state index in [4.69, 9.17) is 11.6 Å². The molecule has 2 aromatic rings. The van der Waals surface area contributed by atoms with Crippen LogP contribution in [0.15, 0.2) is 48.5 Å². The van der Waals surface area contributed by atoms with E-state index in [1.54, 1.807) is 12.1 Å². The summed E-state index contributed by atoms with van der Waals surface area (Å²) >= 11 is 5.89. The Morgan fingerprint density at radius 2 is 1.83 bits per heavy atom. The highest BCUT2D eigenvalue weighted by Gasteiger charge is 2.25. The molecule has 0 aliphatic carbocycles. The van der Waals surface area contributed by atoms with E-state index in [0.29, 0.717) is 10.7 Å². The van der Waals surface area contributed by atoms with Crippen LogP contribution in [0.25, 0.3) is 0 Å². The first-order valence-corrected chi connectivity index (χ1v) is 8.07. The van der Waals surface area contributed by atoms with Gasteiger partial charge in [0.25, 0.3) is 5.69 Å². The second kappa shape index (κ2) is 6.98. The van der Waals surface area contributed by atoms with Gasteiger partial charge < -0.3 is 9.80 Å². The zero-order chi connectivity index (χ0) is 16.2. The second-order valence-corrected chi connectivity index (χ2v) is 6.23. The Morgan fingerprint density at radius 3 is 2.48 bits per heavy atom. The number of nitrogens with zero attached hydrogens (tertiary/aromatic N) is 2. The first-order chi connectivity index (χ1) is 11.1. The highest BCUT2D eigenvalue weighted by molar-refractivity contribution is 6.30. The molecule has 0 atom stereocenters. The fourth-order valence-corrected chi connectivity index (χ4v) is 3.20. The fraction of sp³-hybridized carbons (Fsp3) is 0.294. The zero-order valence-electron chi connectivity index (χ0n) is 12.7. The number of nitro benzene ring substituents is 1. The molecule has 1 aliphatic rings. The van der Waals surface area contributed by atoms with Gasteiger partial charge in [-0.1, -0.05) is 41.9 Å². The van der Waals surface area contributed by atoms with E-state index < -0.39 is 0 Å². The second-order valence-electron chi connectivity index (χ2n) is 5.79. The molecule has 120 valence electrons. The molecule has 0 radical (unpaired) electrons. The van der Waals surface area contributed by atoms with Gasteiger partial charge in [0.15, 0.2) is 0 Å². The van der Waals surface area contributed by atoms with Gasteiger partial charge in [-0.3, -0.25) is 10.1 Å². The summed E-state index contributed by atoms with van der Waals surface area (Å²) in [6.45, 7) is 4.55. The first-order valence-electron chi connectivity index (χ1n) is 7.70. The zero-order valence-corrected chi connectivity index (χ0v) is 13.5. The van der Waals surface area contributed by atoms with Crippen molar-refractivity contribution in [3.8, 4) is 0 Å². The highest BCUT2D eigenvalue weighted by Crippen LogP contribution is 2.30. The summed E-state index contributed by atoms with van der Waals surface area (Å²) in [5.74, 6) is 0. The van der Waals surface area contributed by atoms with Crippen molar-refractivity contribution in [2.45, 2.75) is 6.54 Å². The van der Waals surface area contributed by atoms with Crippen LogP contribution in [0.1, 0.15) is 5.56 Å². The Labute approximate surface area is 140 Å². The number of hydrogen-bond acceptors (Lipinski definition) is 3. The summed E-state index contributed by atoms with van der Waals surface area (Å²) < 4.78 is 0. The van der Waals surface area contributed by atoms with Crippen LogP contribution >= 0.6 is 11.6 Å². The molecule has 0 unspecified atom stereocenters. The number of piperazine rings is 1. The number of anilines is 1. The van der Waals surface area contributed by atoms with Crippen LogP contribution in [0.4, 0.5) is 11.4 Å². The van der Waals surface area contributed by atoms with Crippen LogP contribution in [0.3, 0.4) is 0 Å². The number of nitro groups is 1. The maximum atomic E-state index is 11.2. The summed E-state index contributed by atoms with van der Waals surface area (Å²) in [5.41, 5.74) is 2.08. The monoisotopic (exact) mass is 332 g/mol. The Hall–Kier alpha value is -2.11. The van der Waals surface area contributed by atoms with Gasteiger partial charge in [-0.05, 0) is 12.1 Å². The minimum atomic E-state index is -0.357. The Morgan fingerprint density at radius 1 is 1.13 bits per heavy atom. The van der Waals surface area contributed by atoms with Crippen molar-refractivity contribution in [1.82, 2.24) is 0 Å². The standard InChI is InChI=1S/C17H18ClN3O2/c18-15-6-7-16(17(12-15)21(22)23)20-10-8-19(9-11-20)13-14-4-2-1-3-5-14/h1-7,12H,8-11,13H2/p+1. The number of quaternary nitrogens is 1. The topological polar surface area (TPSA) is 50.8 Å². The van der Waals surface area contributed by atoms with Gasteiger partial charge >= 0.3 is 0 Å². The molecule has 23 heavy (non-hydrogen) atoms. The van der Waals surface area contributed by atoms with Gasteiger partial charge in [0.05, 0.1) is 31.1 Å². The molecule has 6 heteroatoms. The predicted molar refractivity (Wildman–Crippen MR) is 91.2 cm³/mol. The quantitative estimate of drug-likeness (QED) is 0.689. The van der Waals surface area contributed by atoms with Crippen molar-refractivity contribution < 1.29 is 9.82 Å². The van der Waals surface area contributed by atoms with Crippen LogP contribution in [0, 0.1) is 10.1 Å². The van der Waals surface area contributed by atoms with Crippen LogP contribution in [-0.2, 0) is 6.54 Å². The van der Waals surface area contributed by atoms with E-state index in [9.17, 15) is 10.1 Å². The minimum Gasteiger partial charge on any atom is -0.355 e. The van der Waals surface area contributed by atoms with Crippen LogP contribution in [0.2, 0.25) is 5.02 Å². The van der Waals surface area contributed by atoms with E-state index in [-0.39, 0.29) is 10.6 Å². The van der Waals surface area contributed by atoms with Crippen molar-refractivity contribution >= 4 is 23.0 Å². The molecule has 0 aromatic heterocycles. The molecule has 1 saturated heterocycles. The molecule has 0 bridgehead atoms. The molecular weight excluding hydrogens is 314 g/mol. The molecule has 0 amide bonds. The summed E-state index contributed by atoms with van der Waals surface area (Å²) in [6, 6.07) is 15.3. The van der Waals surface area contributed by atoms with Crippen LogP contribution < -0.4 is 9.80 Å². The third kappa shape index (κ3) is 3.81. The van der Waals surface area contributed by atoms with Crippen molar-refractivity contribution in [2.75, 3.05) is 31.1 Å². The van der Waals surface area contributed by atoms with Gasteiger partial charge in [0, 0.05) is 16.7 Å². The van der Waals surface area contributed by atoms with E-state index in [1.165, 1.54) is 16.5 Å². The maximum absolute atomic E-state index is 11.2. The lowest BCUT2D eigenvalue weighted by molar-refractivity contribution is -0.914. The van der Waals surface area contributed by atoms with Gasteiger partial charge in [-0.15, -0.1) is 0 Å². The number of benzene rings is 2. The predicted octanol–water partition coefficient (Wildman–Crippen LogP) is 2.15. The molecule has 0 spiro atoms. The molecule has 1 N–H and O–H groups in total. The van der Waals surface area contributed by atoms with Gasteiger partial charge in [0.2, 0.25) is 0 Å². The molecule has 1 fully saturated rings. The van der Waals surface area contributed by atoms with Crippen molar-refractivity contribution in [3.63, 3.8) is 0 Å². The van der Waals surface area contributed by atoms with E-state index >= 15 is 0 Å². The van der Waals surface area contributed by atoms with E-state index in [2.05, 4.69) is 29.2 Å². The SMILES string of the molecule is O=[N+]([O-])c1cc(Cl)ccc1N1CC[NH+](Cc2ccccc2)CC1. The first kappa shape index (κ1) is 15.8. The van der Waals surface area contributed by atoms with Crippen molar-refractivity contribution in [1.29, 1.82) is 0 Å². The summed E-state index contributed by atoms with van der Waals surface area (Å²) in [5, 5.41) is 11.6. The van der Waals surface area contributed by atoms with Gasteiger partial charge in [0.1, 0.15) is 12.2 Å². The Kier molecular flexibility index (Phi) is 4.79. The lowest BCUT2D eigenvalue weighted by Gasteiger charge is -2.33. The van der Waals surface area contributed by atoms with Crippen LogP contribution in [0.5, 0.6) is 0 Å². The van der Waals surface area contributed by atoms with Crippen molar-refractivity contribution in [3.05, 3.63) is 69.2 Å². The largest absolute Gasteiger partial charge is 0.355 e. The number of rotatable bonds is 4. The molecule has 1 aliphatic heterocycles. The van der Waals surface area contributed by atoms with Gasteiger partial charge in [-0.2, -0.15) is 0 Å². The van der Waals surface area contributed by atoms with E-state index in [1.807, 2.05) is 6.07 Å². The molecule has 0 saturated carbocycles. The van der Waals surface area contributed by atoms with Gasteiger partial charge in [-0.25, -0.2) is 0 Å². The molecule has 3 rings (SSSR count).